The Balaban J connectivity index is 1.15. The van der Waals surface area contributed by atoms with Crippen molar-refractivity contribution in [2.24, 2.45) is 4.99 Å². The molecule has 3 aliphatic heterocycles. The maximum atomic E-state index is 14.9. The number of nitrogens with zero attached hydrogens (tertiary/aromatic N) is 2. The maximum absolute atomic E-state index is 14.9. The van der Waals surface area contributed by atoms with E-state index in [4.69, 9.17) is 14.5 Å². The number of anilines is 1. The number of nitrogens with one attached hydrogen (secondary N) is 1. The van der Waals surface area contributed by atoms with Gasteiger partial charge in [-0.3, -0.25) is 9.79 Å². The number of hydrogen-bond acceptors (Lipinski definition) is 6. The molecule has 11 heteroatoms. The maximum Gasteiger partial charge on any atom is 0.586 e. The molecule has 0 bridgehead atoms. The van der Waals surface area contributed by atoms with Gasteiger partial charge in [-0.15, -0.1) is 8.78 Å². The molecular weight excluding hydrogens is 567 g/mol. The predicted octanol–water partition coefficient (Wildman–Crippen LogP) is 5.38. The molecule has 1 N–H and O–H groups in total. The summed E-state index contributed by atoms with van der Waals surface area (Å²) in [6.45, 7) is 1.20. The molecule has 7 rings (SSSR count). The second kappa shape index (κ2) is 8.61. The SMILES string of the molecule is O=C1NC(c2ccc3c(c2C2CC2)OC(F)(F)O3)=NC12CCN(c1cc(Br)cc(F)c1COC1CC1)CC2. The molecule has 5 aliphatic rings. The number of amidine groups is 1. The molecule has 3 fully saturated rings. The molecule has 2 aromatic rings. The first kappa shape index (κ1) is 24.3. The largest absolute Gasteiger partial charge is 0.586 e. The predicted molar refractivity (Wildman–Crippen MR) is 135 cm³/mol. The lowest BCUT2D eigenvalue weighted by Crippen LogP contribution is -2.49. The van der Waals surface area contributed by atoms with Gasteiger partial charge in [0.1, 0.15) is 17.2 Å². The highest BCUT2D eigenvalue weighted by Gasteiger charge is 2.50. The van der Waals surface area contributed by atoms with E-state index in [1.165, 1.54) is 12.1 Å². The highest BCUT2D eigenvalue weighted by molar-refractivity contribution is 9.10. The number of carbonyl (C=O) groups is 1. The second-order valence-corrected chi connectivity index (χ2v) is 11.5. The average Bonchev–Trinajstić information content (AvgIpc) is 3.79. The number of rotatable bonds is 6. The van der Waals surface area contributed by atoms with E-state index in [2.05, 4.69) is 30.9 Å². The van der Waals surface area contributed by atoms with Crippen LogP contribution in [0.15, 0.2) is 33.7 Å². The van der Waals surface area contributed by atoms with Gasteiger partial charge in [-0.2, -0.15) is 0 Å². The summed E-state index contributed by atoms with van der Waals surface area (Å²) < 4.78 is 58.5. The van der Waals surface area contributed by atoms with Crippen molar-refractivity contribution < 1.29 is 32.2 Å². The van der Waals surface area contributed by atoms with Gasteiger partial charge >= 0.3 is 6.29 Å². The normalized spacial score (nSPS) is 23.1. The zero-order valence-corrected chi connectivity index (χ0v) is 22.0. The number of alkyl halides is 2. The van der Waals surface area contributed by atoms with Crippen LogP contribution < -0.4 is 19.7 Å². The molecule has 3 heterocycles. The van der Waals surface area contributed by atoms with Crippen molar-refractivity contribution in [2.75, 3.05) is 18.0 Å². The van der Waals surface area contributed by atoms with Gasteiger partial charge in [0, 0.05) is 39.9 Å². The number of fused-ring (bicyclic) bond motifs is 1. The van der Waals surface area contributed by atoms with E-state index in [1.54, 1.807) is 6.07 Å². The number of aliphatic imine (C=N–C) groups is 1. The molecule has 2 aromatic carbocycles. The Morgan fingerprint density at radius 1 is 1.13 bits per heavy atom. The third-order valence-electron chi connectivity index (χ3n) is 7.89. The van der Waals surface area contributed by atoms with Crippen LogP contribution in [0.1, 0.15) is 61.1 Å². The summed E-state index contributed by atoms with van der Waals surface area (Å²) in [4.78, 5) is 20.2. The molecule has 0 unspecified atom stereocenters. The lowest BCUT2D eigenvalue weighted by Gasteiger charge is -2.37. The number of amides is 1. The van der Waals surface area contributed by atoms with Gasteiger partial charge in [-0.25, -0.2) is 4.39 Å². The fraction of sp³-hybridized carbons (Fsp3) is 0.481. The van der Waals surface area contributed by atoms with Crippen LogP contribution in [0.2, 0.25) is 0 Å². The van der Waals surface area contributed by atoms with Crippen LogP contribution in [0.3, 0.4) is 0 Å². The number of hydrogen-bond donors (Lipinski definition) is 1. The molecule has 0 radical (unpaired) electrons. The third kappa shape index (κ3) is 4.23. The fourth-order valence-corrected chi connectivity index (χ4v) is 5.99. The van der Waals surface area contributed by atoms with Crippen molar-refractivity contribution in [3.8, 4) is 11.5 Å². The lowest BCUT2D eigenvalue weighted by atomic mass is 9.87. The van der Waals surface area contributed by atoms with Crippen molar-refractivity contribution in [3.63, 3.8) is 0 Å². The summed E-state index contributed by atoms with van der Waals surface area (Å²) in [5.41, 5.74) is 1.50. The molecule has 0 atom stereocenters. The smallest absolute Gasteiger partial charge is 0.395 e. The van der Waals surface area contributed by atoms with E-state index < -0.39 is 11.8 Å². The van der Waals surface area contributed by atoms with E-state index in [1.807, 2.05) is 6.07 Å². The van der Waals surface area contributed by atoms with Gasteiger partial charge in [0.2, 0.25) is 0 Å². The van der Waals surface area contributed by atoms with Crippen molar-refractivity contribution >= 4 is 33.4 Å². The Hall–Kier alpha value is -2.79. The molecule has 2 aliphatic carbocycles. The van der Waals surface area contributed by atoms with Gasteiger partial charge in [0.15, 0.2) is 11.5 Å². The average molecular weight is 592 g/mol. The van der Waals surface area contributed by atoms with Crippen LogP contribution >= 0.6 is 15.9 Å². The molecule has 1 spiro atoms. The Kier molecular flexibility index (Phi) is 5.50. The summed E-state index contributed by atoms with van der Waals surface area (Å²) >= 11 is 3.40. The van der Waals surface area contributed by atoms with E-state index in [0.29, 0.717) is 52.9 Å². The van der Waals surface area contributed by atoms with Gasteiger partial charge in [-0.1, -0.05) is 15.9 Å². The van der Waals surface area contributed by atoms with Crippen LogP contribution in [0.5, 0.6) is 11.5 Å². The van der Waals surface area contributed by atoms with Crippen molar-refractivity contribution in [2.45, 2.75) is 69.0 Å². The number of carbonyl (C=O) groups excluding carboxylic acids is 1. The summed E-state index contributed by atoms with van der Waals surface area (Å²) in [5.74, 6) is -0.0846. The number of benzene rings is 2. The quantitative estimate of drug-likeness (QED) is 0.488. The fourth-order valence-electron chi connectivity index (χ4n) is 5.57. The van der Waals surface area contributed by atoms with E-state index >= 15 is 0 Å². The summed E-state index contributed by atoms with van der Waals surface area (Å²) in [5, 5.41) is 2.91. The van der Waals surface area contributed by atoms with E-state index in [9.17, 15) is 18.0 Å². The molecular formula is C27H25BrF3N3O4. The summed E-state index contributed by atoms with van der Waals surface area (Å²) in [6.07, 6.45) is 1.04. The van der Waals surface area contributed by atoms with Crippen LogP contribution in [0.4, 0.5) is 18.9 Å². The van der Waals surface area contributed by atoms with Crippen LogP contribution in [-0.2, 0) is 16.1 Å². The number of piperidine rings is 1. The first-order valence-electron chi connectivity index (χ1n) is 12.9. The van der Waals surface area contributed by atoms with Gasteiger partial charge in [-0.05, 0) is 68.7 Å². The minimum atomic E-state index is -3.71. The van der Waals surface area contributed by atoms with E-state index in [0.717, 1.165) is 31.4 Å². The second-order valence-electron chi connectivity index (χ2n) is 10.6. The highest BCUT2D eigenvalue weighted by Crippen LogP contribution is 2.53. The third-order valence-corrected chi connectivity index (χ3v) is 8.34. The Labute approximate surface area is 225 Å². The van der Waals surface area contributed by atoms with Gasteiger partial charge in [0.25, 0.3) is 5.91 Å². The van der Waals surface area contributed by atoms with Crippen LogP contribution in [0, 0.1) is 5.82 Å². The summed E-state index contributed by atoms with van der Waals surface area (Å²) in [6, 6.07) is 6.44. The molecule has 38 heavy (non-hydrogen) atoms. The lowest BCUT2D eigenvalue weighted by molar-refractivity contribution is -0.286. The molecule has 7 nitrogen and oxygen atoms in total. The minimum Gasteiger partial charge on any atom is -0.395 e. The monoisotopic (exact) mass is 591 g/mol. The van der Waals surface area contributed by atoms with E-state index in [-0.39, 0.29) is 41.9 Å². The first-order valence-corrected chi connectivity index (χ1v) is 13.7. The number of halogens is 4. The van der Waals surface area contributed by atoms with Crippen molar-refractivity contribution in [1.82, 2.24) is 5.32 Å². The first-order chi connectivity index (χ1) is 18.2. The van der Waals surface area contributed by atoms with Gasteiger partial charge < -0.3 is 24.4 Å². The van der Waals surface area contributed by atoms with Crippen LogP contribution in [0.25, 0.3) is 0 Å². The zero-order valence-electron chi connectivity index (χ0n) is 20.4. The van der Waals surface area contributed by atoms with Crippen molar-refractivity contribution in [3.05, 3.63) is 51.2 Å². The topological polar surface area (TPSA) is 72.4 Å². The zero-order chi connectivity index (χ0) is 26.2. The van der Waals surface area contributed by atoms with Gasteiger partial charge in [0.05, 0.1) is 12.7 Å². The van der Waals surface area contributed by atoms with Crippen molar-refractivity contribution in [1.29, 1.82) is 0 Å². The minimum absolute atomic E-state index is 0.00341. The summed E-state index contributed by atoms with van der Waals surface area (Å²) in [7, 11) is 0. The standard InChI is InChI=1S/C27H25BrF3N3O4/c28-15-11-19(29)18(13-36-16-3-4-16)20(12-15)34-9-7-26(8-10-34)25(35)32-24(33-26)17-5-6-21-23(22(17)14-1-2-14)38-27(30,31)37-21/h5-6,11-12,14,16H,1-4,7-10,13H2,(H,32,33,35). The molecule has 0 aromatic heterocycles. The highest BCUT2D eigenvalue weighted by atomic mass is 79.9. The Morgan fingerprint density at radius 3 is 2.61 bits per heavy atom. The molecule has 2 saturated carbocycles. The molecule has 200 valence electrons. The Bertz CT molecular complexity index is 1370. The number of ether oxygens (including phenoxy) is 3. The molecule has 1 amide bonds. The Morgan fingerprint density at radius 2 is 1.89 bits per heavy atom. The molecule has 1 saturated heterocycles. The van der Waals surface area contributed by atoms with Crippen LogP contribution in [-0.4, -0.2) is 42.8 Å².